The summed E-state index contributed by atoms with van der Waals surface area (Å²) in [4.78, 5) is 0.520. The van der Waals surface area contributed by atoms with Gasteiger partial charge < -0.3 is 5.73 Å². The summed E-state index contributed by atoms with van der Waals surface area (Å²) >= 11 is 4.75. The first-order chi connectivity index (χ1) is 9.84. The van der Waals surface area contributed by atoms with Crippen molar-refractivity contribution in [1.29, 1.82) is 0 Å². The Bertz CT molecular complexity index is 746. The van der Waals surface area contributed by atoms with Crippen LogP contribution in [0.25, 0.3) is 0 Å². The minimum absolute atomic E-state index is 0.157. The molecular weight excluding hydrogens is 379 g/mol. The summed E-state index contributed by atoms with van der Waals surface area (Å²) in [5.41, 5.74) is 6.05. The molecule has 1 aromatic carbocycles. The third-order valence-corrected chi connectivity index (χ3v) is 6.42. The van der Waals surface area contributed by atoms with Gasteiger partial charge in [0.2, 0.25) is 10.0 Å². The first kappa shape index (κ1) is 16.6. The molecule has 114 valence electrons. The molecule has 2 rings (SSSR count). The summed E-state index contributed by atoms with van der Waals surface area (Å²) in [5, 5.41) is 1.87. The van der Waals surface area contributed by atoms with Crippen LogP contribution in [0.5, 0.6) is 0 Å². The Labute approximate surface area is 135 Å². The van der Waals surface area contributed by atoms with Gasteiger partial charge in [-0.1, -0.05) is 6.07 Å². The van der Waals surface area contributed by atoms with Gasteiger partial charge in [-0.3, -0.25) is 0 Å². The first-order valence-electron chi connectivity index (χ1n) is 6.02. The van der Waals surface area contributed by atoms with Crippen LogP contribution >= 0.6 is 27.3 Å². The van der Waals surface area contributed by atoms with Crippen molar-refractivity contribution in [2.24, 2.45) is 5.73 Å². The van der Waals surface area contributed by atoms with Crippen LogP contribution in [0.2, 0.25) is 0 Å². The summed E-state index contributed by atoms with van der Waals surface area (Å²) in [6.45, 7) is 0.343. The lowest BCUT2D eigenvalue weighted by atomic mass is 10.2. The molecule has 2 N–H and O–H groups in total. The van der Waals surface area contributed by atoms with E-state index in [0.717, 1.165) is 19.7 Å². The summed E-state index contributed by atoms with van der Waals surface area (Å²) in [6, 6.07) is 5.73. The highest BCUT2D eigenvalue weighted by molar-refractivity contribution is 9.10. The van der Waals surface area contributed by atoms with Crippen molar-refractivity contribution in [3.8, 4) is 0 Å². The number of thiophene rings is 1. The normalized spacial score (nSPS) is 12.0. The fraction of sp³-hybridized carbons (Fsp3) is 0.231. The number of rotatable bonds is 5. The third-order valence-electron chi connectivity index (χ3n) is 2.92. The van der Waals surface area contributed by atoms with Gasteiger partial charge in [0.1, 0.15) is 10.7 Å². The van der Waals surface area contributed by atoms with Crippen molar-refractivity contribution in [2.45, 2.75) is 18.0 Å². The monoisotopic (exact) mass is 392 g/mol. The molecule has 2 aromatic rings. The second-order valence-corrected chi connectivity index (χ2v) is 8.39. The van der Waals surface area contributed by atoms with Crippen molar-refractivity contribution < 1.29 is 12.8 Å². The number of hydrogen-bond acceptors (Lipinski definition) is 4. The number of sulfonamides is 1. The van der Waals surface area contributed by atoms with Crippen LogP contribution in [0.3, 0.4) is 0 Å². The fourth-order valence-corrected chi connectivity index (χ4v) is 4.63. The van der Waals surface area contributed by atoms with Gasteiger partial charge >= 0.3 is 0 Å². The van der Waals surface area contributed by atoms with E-state index in [-0.39, 0.29) is 18.0 Å². The molecule has 21 heavy (non-hydrogen) atoms. The minimum Gasteiger partial charge on any atom is -0.326 e. The number of halogens is 2. The molecule has 0 amide bonds. The molecule has 0 saturated heterocycles. The minimum atomic E-state index is -3.90. The lowest BCUT2D eigenvalue weighted by molar-refractivity contribution is 0.462. The number of hydrogen-bond donors (Lipinski definition) is 1. The molecule has 0 aliphatic carbocycles. The van der Waals surface area contributed by atoms with E-state index in [4.69, 9.17) is 5.73 Å². The Morgan fingerprint density at radius 1 is 1.38 bits per heavy atom. The summed E-state index contributed by atoms with van der Waals surface area (Å²) in [6.07, 6.45) is 0. The van der Waals surface area contributed by atoms with Crippen molar-refractivity contribution in [2.75, 3.05) is 7.05 Å². The average molecular weight is 393 g/mol. The summed E-state index contributed by atoms with van der Waals surface area (Å²) in [5.74, 6) is -0.772. The highest BCUT2D eigenvalue weighted by Gasteiger charge is 2.25. The number of nitrogens with two attached hydrogens (primary N) is 1. The van der Waals surface area contributed by atoms with E-state index in [1.165, 1.54) is 30.5 Å². The van der Waals surface area contributed by atoms with E-state index in [0.29, 0.717) is 5.56 Å². The van der Waals surface area contributed by atoms with Crippen molar-refractivity contribution in [1.82, 2.24) is 4.31 Å². The second kappa shape index (κ2) is 6.53. The van der Waals surface area contributed by atoms with Gasteiger partial charge in [-0.05, 0) is 39.7 Å². The second-order valence-electron chi connectivity index (χ2n) is 4.46. The third kappa shape index (κ3) is 3.70. The van der Waals surface area contributed by atoms with Gasteiger partial charge in [0.05, 0.1) is 0 Å². The Hall–Kier alpha value is -0.800. The average Bonchev–Trinajstić information content (AvgIpc) is 2.84. The lowest BCUT2D eigenvalue weighted by Crippen LogP contribution is -2.27. The predicted molar refractivity (Wildman–Crippen MR) is 85.0 cm³/mol. The number of nitrogens with zero attached hydrogens (tertiary/aromatic N) is 1. The van der Waals surface area contributed by atoms with Gasteiger partial charge in [-0.15, -0.1) is 11.3 Å². The molecule has 0 spiro atoms. The van der Waals surface area contributed by atoms with Crippen molar-refractivity contribution >= 4 is 37.3 Å². The van der Waals surface area contributed by atoms with Gasteiger partial charge in [0.15, 0.2) is 0 Å². The highest BCUT2D eigenvalue weighted by atomic mass is 79.9. The Morgan fingerprint density at radius 2 is 2.10 bits per heavy atom. The van der Waals surface area contributed by atoms with Gasteiger partial charge in [-0.25, -0.2) is 12.8 Å². The summed E-state index contributed by atoms with van der Waals surface area (Å²) < 4.78 is 40.8. The largest absolute Gasteiger partial charge is 0.326 e. The Balaban J connectivity index is 2.32. The molecule has 4 nitrogen and oxygen atoms in total. The first-order valence-corrected chi connectivity index (χ1v) is 9.13. The molecule has 0 unspecified atom stereocenters. The molecule has 1 heterocycles. The predicted octanol–water partition coefficient (Wildman–Crippen LogP) is 2.93. The maximum absolute atomic E-state index is 13.9. The molecule has 1 aromatic heterocycles. The molecule has 8 heteroatoms. The van der Waals surface area contributed by atoms with Crippen LogP contribution in [0, 0.1) is 5.82 Å². The van der Waals surface area contributed by atoms with E-state index in [1.807, 2.05) is 11.4 Å². The molecule has 0 aliphatic rings. The number of benzene rings is 1. The topological polar surface area (TPSA) is 63.4 Å². The van der Waals surface area contributed by atoms with Crippen LogP contribution in [0.1, 0.15) is 10.4 Å². The smallest absolute Gasteiger partial charge is 0.246 e. The lowest BCUT2D eigenvalue weighted by Gasteiger charge is -2.17. The SMILES string of the molecule is CN(Cc1cc(Br)cs1)S(=O)(=O)c1cc(CN)ccc1F. The molecular formula is C13H14BrFN2O2S2. The van der Waals surface area contributed by atoms with E-state index in [2.05, 4.69) is 15.9 Å². The Morgan fingerprint density at radius 3 is 2.67 bits per heavy atom. The van der Waals surface area contributed by atoms with Crippen LogP contribution < -0.4 is 5.73 Å². The standard InChI is InChI=1S/C13H14BrFN2O2S2/c1-17(7-11-5-10(14)8-20-11)21(18,19)13-4-9(6-16)2-3-12(13)15/h2-5,8H,6-7,16H2,1H3. The van der Waals surface area contributed by atoms with E-state index in [9.17, 15) is 12.8 Å². The van der Waals surface area contributed by atoms with Gasteiger partial charge in [0.25, 0.3) is 0 Å². The molecule has 0 aliphatic heterocycles. The zero-order chi connectivity index (χ0) is 15.6. The zero-order valence-electron chi connectivity index (χ0n) is 11.2. The van der Waals surface area contributed by atoms with Crippen molar-refractivity contribution in [3.63, 3.8) is 0 Å². The zero-order valence-corrected chi connectivity index (χ0v) is 14.4. The maximum atomic E-state index is 13.9. The van der Waals surface area contributed by atoms with Crippen LogP contribution in [0.15, 0.2) is 39.0 Å². The highest BCUT2D eigenvalue weighted by Crippen LogP contribution is 2.25. The molecule has 0 saturated carbocycles. The van der Waals surface area contributed by atoms with Crippen LogP contribution in [-0.2, 0) is 23.1 Å². The van der Waals surface area contributed by atoms with E-state index < -0.39 is 15.8 Å². The van der Waals surface area contributed by atoms with Crippen LogP contribution in [-0.4, -0.2) is 19.8 Å². The molecule has 0 radical (unpaired) electrons. The fourth-order valence-electron chi connectivity index (χ4n) is 1.78. The summed E-state index contributed by atoms with van der Waals surface area (Å²) in [7, 11) is -2.47. The maximum Gasteiger partial charge on any atom is 0.246 e. The Kier molecular flexibility index (Phi) is 5.15. The van der Waals surface area contributed by atoms with Crippen molar-refractivity contribution in [3.05, 3.63) is 50.4 Å². The van der Waals surface area contributed by atoms with E-state index >= 15 is 0 Å². The molecule has 0 bridgehead atoms. The van der Waals surface area contributed by atoms with E-state index in [1.54, 1.807) is 0 Å². The quantitative estimate of drug-likeness (QED) is 0.850. The van der Waals surface area contributed by atoms with Gasteiger partial charge in [0, 0.05) is 34.9 Å². The van der Waals surface area contributed by atoms with Gasteiger partial charge in [-0.2, -0.15) is 4.31 Å². The molecule has 0 fully saturated rings. The van der Waals surface area contributed by atoms with Crippen LogP contribution in [0.4, 0.5) is 4.39 Å². The molecule has 0 atom stereocenters.